The summed E-state index contributed by atoms with van der Waals surface area (Å²) in [5.74, 6) is 0. The highest BCUT2D eigenvalue weighted by Gasteiger charge is 1.86. The lowest BCUT2D eigenvalue weighted by molar-refractivity contribution is 0.497. The molecule has 0 fully saturated rings. The predicted molar refractivity (Wildman–Crippen MR) is 110 cm³/mol. The molecule has 0 rings (SSSR count). The SMILES string of the molecule is C=C(C)N.C=C(CC)N(C)C.C=C(N)CC.CC.CC.CC. The van der Waals surface area contributed by atoms with Crippen molar-refractivity contribution in [2.45, 2.75) is 75.2 Å². The summed E-state index contributed by atoms with van der Waals surface area (Å²) in [6.45, 7) is 28.4. The maximum atomic E-state index is 5.10. The fraction of sp³-hybridized carbons (Fsp3) is 0.684. The van der Waals surface area contributed by atoms with E-state index in [1.54, 1.807) is 6.92 Å². The van der Waals surface area contributed by atoms with Crippen LogP contribution in [0.25, 0.3) is 0 Å². The Kier molecular flexibility index (Phi) is 72.1. The zero-order chi connectivity index (χ0) is 19.7. The molecule has 0 amide bonds. The minimum Gasteiger partial charge on any atom is -0.403 e. The van der Waals surface area contributed by atoms with Gasteiger partial charge in [-0.25, -0.2) is 0 Å². The fourth-order valence-corrected chi connectivity index (χ4v) is 0.316. The highest BCUT2D eigenvalue weighted by atomic mass is 15.1. The zero-order valence-electron chi connectivity index (χ0n) is 17.6. The van der Waals surface area contributed by atoms with Gasteiger partial charge in [-0.05, 0) is 25.5 Å². The first-order chi connectivity index (χ1) is 10.2. The van der Waals surface area contributed by atoms with E-state index in [1.807, 2.05) is 67.5 Å². The summed E-state index contributed by atoms with van der Waals surface area (Å²) >= 11 is 0. The van der Waals surface area contributed by atoms with Gasteiger partial charge in [-0.15, -0.1) is 0 Å². The topological polar surface area (TPSA) is 55.3 Å². The van der Waals surface area contributed by atoms with Crippen molar-refractivity contribution < 1.29 is 0 Å². The number of allylic oxidation sites excluding steroid dienone is 3. The molecule has 3 heteroatoms. The number of hydrogen-bond donors (Lipinski definition) is 2. The third-order valence-corrected chi connectivity index (χ3v) is 1.49. The van der Waals surface area contributed by atoms with Crippen LogP contribution in [0.2, 0.25) is 0 Å². The lowest BCUT2D eigenvalue weighted by Gasteiger charge is -2.12. The van der Waals surface area contributed by atoms with Crippen LogP contribution in [0, 0.1) is 0 Å². The van der Waals surface area contributed by atoms with Gasteiger partial charge in [-0.2, -0.15) is 0 Å². The molecule has 0 atom stereocenters. The molecule has 4 N–H and O–H groups in total. The van der Waals surface area contributed by atoms with Gasteiger partial charge < -0.3 is 16.4 Å². The average molecular weight is 318 g/mol. The standard InChI is InChI=1S/C6H13N.C4H9N.C3H7N.3C2H6/c1-5-6(2)7(3)4;1-3-4(2)5;1-3(2)4;3*1-2/h2,5H2,1,3-4H3;2-3,5H2,1H3;1,4H2,2H3;3*1-2H3. The Morgan fingerprint density at radius 3 is 0.955 bits per heavy atom. The first-order valence-corrected chi connectivity index (χ1v) is 8.38. The van der Waals surface area contributed by atoms with E-state index in [0.717, 1.165) is 18.5 Å². The van der Waals surface area contributed by atoms with Gasteiger partial charge in [-0.3, -0.25) is 0 Å². The first kappa shape index (κ1) is 37.1. The summed E-state index contributed by atoms with van der Waals surface area (Å²) in [5, 5.41) is 0. The van der Waals surface area contributed by atoms with Crippen molar-refractivity contribution in [1.82, 2.24) is 4.90 Å². The van der Waals surface area contributed by atoms with E-state index in [9.17, 15) is 0 Å². The molecule has 0 spiro atoms. The van der Waals surface area contributed by atoms with E-state index in [-0.39, 0.29) is 0 Å². The molecule has 0 aromatic heterocycles. The Labute approximate surface area is 143 Å². The molecule has 22 heavy (non-hydrogen) atoms. The molecule has 0 aromatic carbocycles. The molecule has 0 aliphatic heterocycles. The van der Waals surface area contributed by atoms with E-state index in [2.05, 4.69) is 26.7 Å². The molecule has 0 unspecified atom stereocenters. The second-order valence-electron chi connectivity index (χ2n) is 3.67. The molecule has 3 nitrogen and oxygen atoms in total. The van der Waals surface area contributed by atoms with Crippen LogP contribution in [0.3, 0.4) is 0 Å². The second-order valence-corrected chi connectivity index (χ2v) is 3.67. The summed E-state index contributed by atoms with van der Waals surface area (Å²) in [7, 11) is 4.01. The van der Waals surface area contributed by atoms with Gasteiger partial charge >= 0.3 is 0 Å². The summed E-state index contributed by atoms with van der Waals surface area (Å²) in [5.41, 5.74) is 12.6. The molecule has 0 aliphatic rings. The van der Waals surface area contributed by atoms with Crippen LogP contribution in [0.4, 0.5) is 0 Å². The first-order valence-electron chi connectivity index (χ1n) is 8.38. The van der Waals surface area contributed by atoms with E-state index >= 15 is 0 Å². The molecule has 0 saturated heterocycles. The molecule has 0 saturated carbocycles. The molecule has 138 valence electrons. The van der Waals surface area contributed by atoms with Crippen molar-refractivity contribution in [2.24, 2.45) is 11.5 Å². The Balaban J connectivity index is -0.0000000381. The molecule has 0 radical (unpaired) electrons. The number of nitrogens with zero attached hydrogens (tertiary/aromatic N) is 1. The van der Waals surface area contributed by atoms with Crippen molar-refractivity contribution in [3.05, 3.63) is 36.8 Å². The van der Waals surface area contributed by atoms with E-state index in [0.29, 0.717) is 5.70 Å². The third-order valence-electron chi connectivity index (χ3n) is 1.49. The van der Waals surface area contributed by atoms with Crippen molar-refractivity contribution >= 4 is 0 Å². The normalized spacial score (nSPS) is 6.32. The average Bonchev–Trinajstić information content (AvgIpc) is 2.52. The van der Waals surface area contributed by atoms with Crippen LogP contribution >= 0.6 is 0 Å². The quantitative estimate of drug-likeness (QED) is 0.681. The van der Waals surface area contributed by atoms with Crippen LogP contribution in [-0.2, 0) is 0 Å². The van der Waals surface area contributed by atoms with Crippen LogP contribution < -0.4 is 11.5 Å². The van der Waals surface area contributed by atoms with E-state index < -0.39 is 0 Å². The van der Waals surface area contributed by atoms with Gasteiger partial charge in [0.25, 0.3) is 0 Å². The molecule has 0 bridgehead atoms. The van der Waals surface area contributed by atoms with Gasteiger partial charge in [0.15, 0.2) is 0 Å². The van der Waals surface area contributed by atoms with E-state index in [1.165, 1.54) is 5.70 Å². The van der Waals surface area contributed by atoms with Crippen molar-refractivity contribution in [2.75, 3.05) is 14.1 Å². The summed E-state index contributed by atoms with van der Waals surface area (Å²) in [6.07, 6.45) is 1.94. The Bertz CT molecular complexity index is 203. The largest absolute Gasteiger partial charge is 0.403 e. The van der Waals surface area contributed by atoms with Crippen LogP contribution in [-0.4, -0.2) is 19.0 Å². The number of rotatable bonds is 3. The smallest absolute Gasteiger partial charge is 0.00579 e. The lowest BCUT2D eigenvalue weighted by Crippen LogP contribution is -2.08. The third kappa shape index (κ3) is 132. The van der Waals surface area contributed by atoms with Crippen LogP contribution in [0.15, 0.2) is 36.8 Å². The monoisotopic (exact) mass is 317 g/mol. The maximum Gasteiger partial charge on any atom is 0.00579 e. The molecule has 0 heterocycles. The Morgan fingerprint density at radius 2 is 0.955 bits per heavy atom. The molecular weight excluding hydrogens is 270 g/mol. The summed E-state index contributed by atoms with van der Waals surface area (Å²) in [6, 6.07) is 0. The molecule has 0 aliphatic carbocycles. The lowest BCUT2D eigenvalue weighted by atomic mass is 10.4. The van der Waals surface area contributed by atoms with Crippen molar-refractivity contribution in [3.63, 3.8) is 0 Å². The highest BCUT2D eigenvalue weighted by molar-refractivity contribution is 4.88. The minimum atomic E-state index is 0.667. The maximum absolute atomic E-state index is 5.10. The van der Waals surface area contributed by atoms with Crippen molar-refractivity contribution in [1.29, 1.82) is 0 Å². The zero-order valence-corrected chi connectivity index (χ0v) is 17.6. The number of hydrogen-bond acceptors (Lipinski definition) is 3. The molecular formula is C19H47N3. The van der Waals surface area contributed by atoms with Crippen LogP contribution in [0.5, 0.6) is 0 Å². The van der Waals surface area contributed by atoms with Crippen molar-refractivity contribution in [3.8, 4) is 0 Å². The molecule has 0 aromatic rings. The summed E-state index contributed by atoms with van der Waals surface area (Å²) in [4.78, 5) is 2.03. The van der Waals surface area contributed by atoms with Gasteiger partial charge in [-0.1, -0.05) is 75.1 Å². The van der Waals surface area contributed by atoms with Gasteiger partial charge in [0, 0.05) is 25.5 Å². The Morgan fingerprint density at radius 1 is 0.773 bits per heavy atom. The predicted octanol–water partition coefficient (Wildman–Crippen LogP) is 5.90. The van der Waals surface area contributed by atoms with E-state index in [4.69, 9.17) is 11.5 Å². The summed E-state index contributed by atoms with van der Waals surface area (Å²) < 4.78 is 0. The highest BCUT2D eigenvalue weighted by Crippen LogP contribution is 1.96. The number of nitrogens with two attached hydrogens (primary N) is 2. The van der Waals surface area contributed by atoms with Gasteiger partial charge in [0.05, 0.1) is 0 Å². The fourth-order valence-electron chi connectivity index (χ4n) is 0.316. The van der Waals surface area contributed by atoms with Gasteiger partial charge in [0.1, 0.15) is 0 Å². The van der Waals surface area contributed by atoms with Crippen LogP contribution in [0.1, 0.15) is 75.2 Å². The Hall–Kier alpha value is -1.38. The van der Waals surface area contributed by atoms with Gasteiger partial charge in [0.2, 0.25) is 0 Å². The second kappa shape index (κ2) is 42.7. The minimum absolute atomic E-state index is 0.667.